The highest BCUT2D eigenvalue weighted by atomic mass is 28.1. The molecule has 0 bridgehead atoms. The first kappa shape index (κ1) is 26.2. The molecule has 1 aromatic carbocycles. The molecule has 1 aliphatic carbocycles. The number of imidazole rings is 1. The van der Waals surface area contributed by atoms with Crippen LogP contribution in [0, 0.1) is 18.8 Å². The van der Waals surface area contributed by atoms with E-state index in [-0.39, 0.29) is 11.9 Å². The van der Waals surface area contributed by atoms with Crippen LogP contribution in [0.1, 0.15) is 54.2 Å². The summed E-state index contributed by atoms with van der Waals surface area (Å²) < 4.78 is 9.37. The minimum atomic E-state index is -1.31. The van der Waals surface area contributed by atoms with Crippen molar-refractivity contribution in [2.75, 3.05) is 32.6 Å². The lowest BCUT2D eigenvalue weighted by Gasteiger charge is -2.27. The van der Waals surface area contributed by atoms with Gasteiger partial charge in [-0.25, -0.2) is 9.67 Å². The average molecular weight is 531 g/mol. The third-order valence-corrected chi connectivity index (χ3v) is 7.80. The van der Waals surface area contributed by atoms with Gasteiger partial charge < -0.3 is 30.4 Å². The fourth-order valence-corrected chi connectivity index (χ4v) is 5.99. The minimum absolute atomic E-state index is 0.191. The van der Waals surface area contributed by atoms with E-state index in [4.69, 9.17) is 20.6 Å². The number of aliphatic hydroxyl groups excluding tert-OH is 1. The summed E-state index contributed by atoms with van der Waals surface area (Å²) in [6.07, 6.45) is 2.87. The van der Waals surface area contributed by atoms with Crippen molar-refractivity contribution in [3.05, 3.63) is 53.5 Å². The van der Waals surface area contributed by atoms with Crippen molar-refractivity contribution >= 4 is 33.0 Å². The Morgan fingerprint density at radius 2 is 2.21 bits per heavy atom. The molecule has 2 fully saturated rings. The number of hydrogen-bond donors (Lipinski definition) is 3. The molecule has 3 aromatic rings. The first-order valence-electron chi connectivity index (χ1n) is 12.6. The number of methoxy groups -OCH3 is 1. The van der Waals surface area contributed by atoms with Crippen molar-refractivity contribution in [3.63, 3.8) is 0 Å². The SMILES string of the molecule is C=CC(=O)N1C[C@@]([Si])(n2nc(C#Cc3ccc4c(c3)nc(C)n4C3CC3)c(C(N)O)c2NC)C[C@@H]1COC. The molecular weight excluding hydrogens is 498 g/mol. The number of likely N-dealkylation sites (tertiary alicyclic amines) is 1. The largest absolute Gasteiger partial charge is 0.383 e. The molecule has 1 saturated heterocycles. The highest BCUT2D eigenvalue weighted by Gasteiger charge is 2.46. The standard InChI is InChI=1S/C27H32N7O3Si/c1-5-23(35)32-15-27(38,13-19(32)14-37-4)34-26(29-3)24(25(28)36)20(31-34)10-6-17-7-11-22-21(12-17)30-16(2)33(22)18-8-9-18/h5,7,11-12,18-19,25,29,36H,1,8-9,13-15,28H2,2-4H3/t19-,25?,27-/m1/s1. The lowest BCUT2D eigenvalue weighted by atomic mass is 10.1. The maximum Gasteiger partial charge on any atom is 0.246 e. The molecule has 197 valence electrons. The number of nitrogens with zero attached hydrogens (tertiary/aromatic N) is 5. The Hall–Kier alpha value is -3.43. The van der Waals surface area contributed by atoms with Gasteiger partial charge in [0.2, 0.25) is 5.91 Å². The van der Waals surface area contributed by atoms with Crippen LogP contribution in [0.15, 0.2) is 30.9 Å². The fourth-order valence-electron chi connectivity index (χ4n) is 5.42. The van der Waals surface area contributed by atoms with Gasteiger partial charge in [0.15, 0.2) is 0 Å². The number of carbonyl (C=O) groups is 1. The topological polar surface area (TPSA) is 123 Å². The second-order valence-electron chi connectivity index (χ2n) is 9.95. The quantitative estimate of drug-likeness (QED) is 0.183. The van der Waals surface area contributed by atoms with Gasteiger partial charge in [-0.3, -0.25) is 4.79 Å². The van der Waals surface area contributed by atoms with E-state index in [1.165, 1.54) is 18.9 Å². The zero-order valence-corrected chi connectivity index (χ0v) is 22.9. The summed E-state index contributed by atoms with van der Waals surface area (Å²) in [6, 6.07) is 6.35. The van der Waals surface area contributed by atoms with Crippen LogP contribution in [-0.2, 0) is 14.7 Å². The molecule has 11 heteroatoms. The van der Waals surface area contributed by atoms with E-state index < -0.39 is 11.4 Å². The lowest BCUT2D eigenvalue weighted by Crippen LogP contribution is -2.41. The monoisotopic (exact) mass is 530 g/mol. The van der Waals surface area contributed by atoms with E-state index in [0.717, 1.165) is 22.4 Å². The molecular formula is C27H32N7O3Si. The van der Waals surface area contributed by atoms with Gasteiger partial charge >= 0.3 is 0 Å². The zero-order chi connectivity index (χ0) is 27.2. The average Bonchev–Trinajstić information content (AvgIpc) is 3.43. The minimum Gasteiger partial charge on any atom is -0.383 e. The number of aromatic nitrogens is 4. The van der Waals surface area contributed by atoms with Gasteiger partial charge in [-0.1, -0.05) is 12.5 Å². The highest BCUT2D eigenvalue weighted by Crippen LogP contribution is 2.39. The van der Waals surface area contributed by atoms with Crippen LogP contribution in [0.5, 0.6) is 0 Å². The number of ether oxygens (including phenoxy) is 1. The van der Waals surface area contributed by atoms with Crippen LogP contribution in [-0.4, -0.2) is 78.8 Å². The van der Waals surface area contributed by atoms with Crippen molar-refractivity contribution in [2.45, 2.75) is 49.7 Å². The molecule has 10 nitrogen and oxygen atoms in total. The number of nitrogens with one attached hydrogen (secondary N) is 1. The van der Waals surface area contributed by atoms with Crippen molar-refractivity contribution in [1.29, 1.82) is 0 Å². The van der Waals surface area contributed by atoms with Gasteiger partial charge in [0.25, 0.3) is 0 Å². The molecule has 1 unspecified atom stereocenters. The number of anilines is 1. The number of fused-ring (bicyclic) bond motifs is 1. The lowest BCUT2D eigenvalue weighted by molar-refractivity contribution is -0.127. The summed E-state index contributed by atoms with van der Waals surface area (Å²) in [7, 11) is 7.23. The summed E-state index contributed by atoms with van der Waals surface area (Å²) in [5.41, 5.74) is 9.51. The fraction of sp³-hybridized carbons (Fsp3) is 0.444. The van der Waals surface area contributed by atoms with E-state index >= 15 is 0 Å². The Bertz CT molecular complexity index is 1460. The number of aryl methyl sites for hydroxylation is 1. The maximum atomic E-state index is 12.6. The summed E-state index contributed by atoms with van der Waals surface area (Å²) in [4.78, 5) is 19.0. The van der Waals surface area contributed by atoms with Crippen molar-refractivity contribution in [3.8, 4) is 11.8 Å². The van der Waals surface area contributed by atoms with Crippen molar-refractivity contribution < 1.29 is 14.6 Å². The van der Waals surface area contributed by atoms with E-state index in [2.05, 4.69) is 44.6 Å². The Kier molecular flexibility index (Phi) is 6.91. The summed E-state index contributed by atoms with van der Waals surface area (Å²) >= 11 is 0. The van der Waals surface area contributed by atoms with Crippen LogP contribution in [0.2, 0.25) is 0 Å². The second kappa shape index (κ2) is 10.0. The number of benzene rings is 1. The molecule has 3 atom stereocenters. The van der Waals surface area contributed by atoms with Gasteiger partial charge in [-0.15, -0.1) is 0 Å². The van der Waals surface area contributed by atoms with Gasteiger partial charge in [-0.05, 0) is 56.4 Å². The van der Waals surface area contributed by atoms with Gasteiger partial charge in [0.05, 0.1) is 44.7 Å². The normalized spacial score (nSPS) is 21.8. The molecule has 2 aliphatic rings. The third-order valence-electron chi connectivity index (χ3n) is 7.23. The van der Waals surface area contributed by atoms with E-state index in [1.54, 1.807) is 23.7 Å². The summed E-state index contributed by atoms with van der Waals surface area (Å²) in [5, 5.41) is 17.6. The number of aliphatic hydroxyl groups is 1. The Balaban J connectivity index is 1.53. The Morgan fingerprint density at radius 3 is 2.84 bits per heavy atom. The van der Waals surface area contributed by atoms with Crippen LogP contribution >= 0.6 is 0 Å². The first-order valence-corrected chi connectivity index (χ1v) is 13.1. The number of nitrogens with two attached hydrogens (primary N) is 1. The Morgan fingerprint density at radius 1 is 1.45 bits per heavy atom. The number of carbonyl (C=O) groups excluding carboxylic acids is 1. The molecule has 5 rings (SSSR count). The predicted molar refractivity (Wildman–Crippen MR) is 146 cm³/mol. The maximum absolute atomic E-state index is 12.6. The third kappa shape index (κ3) is 4.54. The molecule has 3 heterocycles. The second-order valence-corrected chi connectivity index (χ2v) is 10.9. The zero-order valence-electron chi connectivity index (χ0n) is 21.9. The summed E-state index contributed by atoms with van der Waals surface area (Å²) in [5.74, 6) is 7.61. The van der Waals surface area contributed by atoms with Crippen LogP contribution in [0.3, 0.4) is 0 Å². The molecule has 4 N–H and O–H groups in total. The van der Waals surface area contributed by atoms with Gasteiger partial charge in [0.1, 0.15) is 23.6 Å². The van der Waals surface area contributed by atoms with E-state index in [0.29, 0.717) is 42.7 Å². The Labute approximate surface area is 225 Å². The van der Waals surface area contributed by atoms with Crippen molar-refractivity contribution in [1.82, 2.24) is 24.2 Å². The molecule has 1 aliphatic heterocycles. The molecule has 0 spiro atoms. The predicted octanol–water partition coefficient (Wildman–Crippen LogP) is 1.52. The summed E-state index contributed by atoms with van der Waals surface area (Å²) in [6.45, 7) is 6.33. The molecule has 1 amide bonds. The van der Waals surface area contributed by atoms with Gasteiger partial charge in [0, 0.05) is 32.3 Å². The van der Waals surface area contributed by atoms with Gasteiger partial charge in [-0.2, -0.15) is 5.10 Å². The van der Waals surface area contributed by atoms with Crippen LogP contribution in [0.4, 0.5) is 5.82 Å². The number of hydrogen-bond acceptors (Lipinski definition) is 7. The number of rotatable bonds is 7. The highest BCUT2D eigenvalue weighted by molar-refractivity contribution is 6.14. The van der Waals surface area contributed by atoms with Crippen molar-refractivity contribution in [2.24, 2.45) is 5.73 Å². The number of amides is 1. The smallest absolute Gasteiger partial charge is 0.246 e. The molecule has 2 aromatic heterocycles. The van der Waals surface area contributed by atoms with E-state index in [9.17, 15) is 9.90 Å². The van der Waals surface area contributed by atoms with Crippen LogP contribution < -0.4 is 11.1 Å². The molecule has 3 radical (unpaired) electrons. The molecule has 38 heavy (non-hydrogen) atoms. The first-order chi connectivity index (χ1) is 18.2. The molecule has 1 saturated carbocycles. The van der Waals surface area contributed by atoms with Crippen LogP contribution in [0.25, 0.3) is 11.0 Å². The van der Waals surface area contributed by atoms with E-state index in [1.807, 2.05) is 19.1 Å².